The second-order valence-electron chi connectivity index (χ2n) is 5.21. The van der Waals surface area contributed by atoms with E-state index in [2.05, 4.69) is 20.9 Å². The predicted molar refractivity (Wildman–Crippen MR) is 73.9 cm³/mol. The molecule has 0 spiro atoms. The van der Waals surface area contributed by atoms with Crippen molar-refractivity contribution in [2.75, 3.05) is 19.7 Å². The van der Waals surface area contributed by atoms with E-state index in [0.29, 0.717) is 23.4 Å². The monoisotopic (exact) mass is 328 g/mol. The van der Waals surface area contributed by atoms with Gasteiger partial charge in [0.25, 0.3) is 5.91 Å². The molecule has 6 heteroatoms. The Morgan fingerprint density at radius 1 is 1.63 bits per heavy atom. The smallest absolute Gasteiger partial charge is 0.272 e. The summed E-state index contributed by atoms with van der Waals surface area (Å²) < 4.78 is 6.32. The molecule has 1 aliphatic rings. The molecule has 1 unspecified atom stereocenters. The molecule has 1 amide bonds. The van der Waals surface area contributed by atoms with E-state index in [-0.39, 0.29) is 18.6 Å². The van der Waals surface area contributed by atoms with Crippen molar-refractivity contribution in [3.8, 4) is 0 Å². The summed E-state index contributed by atoms with van der Waals surface area (Å²) in [4.78, 5) is 18.3. The number of morpholine rings is 1. The van der Waals surface area contributed by atoms with Gasteiger partial charge in [-0.2, -0.15) is 0 Å². The highest BCUT2D eigenvalue weighted by atomic mass is 79.9. The van der Waals surface area contributed by atoms with Gasteiger partial charge in [-0.15, -0.1) is 0 Å². The van der Waals surface area contributed by atoms with Crippen molar-refractivity contribution in [2.24, 2.45) is 0 Å². The van der Waals surface area contributed by atoms with Gasteiger partial charge in [0.1, 0.15) is 10.3 Å². The lowest BCUT2D eigenvalue weighted by Gasteiger charge is -2.42. The molecule has 0 aromatic carbocycles. The number of ether oxygens (including phenoxy) is 1. The van der Waals surface area contributed by atoms with Gasteiger partial charge < -0.3 is 14.7 Å². The van der Waals surface area contributed by atoms with Crippen LogP contribution < -0.4 is 0 Å². The maximum absolute atomic E-state index is 12.4. The Labute approximate surface area is 120 Å². The zero-order chi connectivity index (χ0) is 14.0. The van der Waals surface area contributed by atoms with Gasteiger partial charge in [-0.05, 0) is 41.9 Å². The molecule has 2 heterocycles. The molecule has 104 valence electrons. The van der Waals surface area contributed by atoms with Crippen LogP contribution in [0.3, 0.4) is 0 Å². The number of aliphatic hydroxyl groups excluding tert-OH is 1. The molecule has 1 fully saturated rings. The Kier molecular flexibility index (Phi) is 4.23. The molecular weight excluding hydrogens is 312 g/mol. The van der Waals surface area contributed by atoms with Crippen molar-refractivity contribution >= 4 is 21.8 Å². The SMILES string of the molecule is CC1(C)CN(C(=O)c2cccc(Br)n2)CC(CO)O1. The molecule has 0 bridgehead atoms. The first-order valence-corrected chi connectivity index (χ1v) is 6.91. The van der Waals surface area contributed by atoms with Crippen molar-refractivity contribution in [2.45, 2.75) is 25.6 Å². The van der Waals surface area contributed by atoms with Crippen LogP contribution in [0.25, 0.3) is 0 Å². The molecule has 0 aliphatic carbocycles. The van der Waals surface area contributed by atoms with Gasteiger partial charge in [0.2, 0.25) is 0 Å². The number of carbonyl (C=O) groups is 1. The first-order chi connectivity index (χ1) is 8.91. The van der Waals surface area contributed by atoms with Crippen LogP contribution in [0.1, 0.15) is 24.3 Å². The van der Waals surface area contributed by atoms with Crippen LogP contribution in [0.5, 0.6) is 0 Å². The van der Waals surface area contributed by atoms with E-state index in [0.717, 1.165) is 0 Å². The van der Waals surface area contributed by atoms with Crippen LogP contribution in [0.4, 0.5) is 0 Å². The third-order valence-electron chi connectivity index (χ3n) is 2.91. The quantitative estimate of drug-likeness (QED) is 0.835. The molecule has 5 nitrogen and oxygen atoms in total. The predicted octanol–water partition coefficient (Wildman–Crippen LogP) is 1.46. The highest BCUT2D eigenvalue weighted by Gasteiger charge is 2.35. The third kappa shape index (κ3) is 3.52. The number of amides is 1. The number of nitrogens with zero attached hydrogens (tertiary/aromatic N) is 2. The highest BCUT2D eigenvalue weighted by Crippen LogP contribution is 2.22. The van der Waals surface area contributed by atoms with Crippen LogP contribution in [0.15, 0.2) is 22.8 Å². The summed E-state index contributed by atoms with van der Waals surface area (Å²) in [5.41, 5.74) is -0.0726. The van der Waals surface area contributed by atoms with Gasteiger partial charge in [-0.25, -0.2) is 4.98 Å². The number of rotatable bonds is 2. The second kappa shape index (κ2) is 5.56. The number of hydrogen-bond donors (Lipinski definition) is 1. The van der Waals surface area contributed by atoms with Crippen molar-refractivity contribution in [1.82, 2.24) is 9.88 Å². The van der Waals surface area contributed by atoms with Crippen molar-refractivity contribution < 1.29 is 14.6 Å². The topological polar surface area (TPSA) is 62.7 Å². The zero-order valence-electron chi connectivity index (χ0n) is 11.0. The molecule has 0 saturated carbocycles. The van der Waals surface area contributed by atoms with Crippen LogP contribution in [0.2, 0.25) is 0 Å². The highest BCUT2D eigenvalue weighted by molar-refractivity contribution is 9.10. The molecule has 1 saturated heterocycles. The molecular formula is C13H17BrN2O3. The third-order valence-corrected chi connectivity index (χ3v) is 3.35. The number of hydrogen-bond acceptors (Lipinski definition) is 4. The van der Waals surface area contributed by atoms with Crippen LogP contribution in [-0.2, 0) is 4.74 Å². The van der Waals surface area contributed by atoms with Gasteiger partial charge >= 0.3 is 0 Å². The molecule has 2 rings (SSSR count). The molecule has 1 atom stereocenters. The van der Waals surface area contributed by atoms with Crippen molar-refractivity contribution in [3.05, 3.63) is 28.5 Å². The molecule has 1 N–H and O–H groups in total. The minimum atomic E-state index is -0.465. The van der Waals surface area contributed by atoms with Gasteiger partial charge in [-0.1, -0.05) is 6.07 Å². The minimum absolute atomic E-state index is 0.0981. The van der Waals surface area contributed by atoms with E-state index in [1.807, 2.05) is 13.8 Å². The fraction of sp³-hybridized carbons (Fsp3) is 0.538. The largest absolute Gasteiger partial charge is 0.394 e. The second-order valence-corrected chi connectivity index (χ2v) is 6.03. The lowest BCUT2D eigenvalue weighted by molar-refractivity contribution is -0.139. The van der Waals surface area contributed by atoms with E-state index < -0.39 is 5.60 Å². The first kappa shape index (κ1) is 14.4. The Bertz CT molecular complexity index is 479. The molecule has 0 radical (unpaired) electrons. The normalized spacial score (nSPS) is 22.3. The number of pyridine rings is 1. The Hall–Kier alpha value is -0.980. The molecule has 1 aliphatic heterocycles. The Morgan fingerprint density at radius 3 is 3.00 bits per heavy atom. The fourth-order valence-electron chi connectivity index (χ4n) is 2.23. The van der Waals surface area contributed by atoms with Crippen molar-refractivity contribution in [1.29, 1.82) is 0 Å². The van der Waals surface area contributed by atoms with Crippen LogP contribution >= 0.6 is 15.9 Å². The summed E-state index contributed by atoms with van der Waals surface area (Å²) in [6.07, 6.45) is -0.347. The lowest BCUT2D eigenvalue weighted by Crippen LogP contribution is -2.55. The number of carbonyl (C=O) groups excluding carboxylic acids is 1. The van der Waals surface area contributed by atoms with Gasteiger partial charge in [0.05, 0.1) is 18.3 Å². The first-order valence-electron chi connectivity index (χ1n) is 6.12. The fourth-order valence-corrected chi connectivity index (χ4v) is 2.58. The van der Waals surface area contributed by atoms with E-state index in [1.165, 1.54) is 0 Å². The van der Waals surface area contributed by atoms with E-state index in [1.54, 1.807) is 23.1 Å². The Balaban J connectivity index is 2.18. The number of halogens is 1. The summed E-state index contributed by atoms with van der Waals surface area (Å²) in [6.45, 7) is 4.58. The standard InChI is InChI=1S/C13H17BrN2O3/c1-13(2)8-16(6-9(7-17)19-13)12(18)10-4-3-5-11(14)15-10/h3-5,9,17H,6-8H2,1-2H3. The summed E-state index contributed by atoms with van der Waals surface area (Å²) in [5, 5.41) is 9.25. The number of aliphatic hydroxyl groups is 1. The van der Waals surface area contributed by atoms with Gasteiger partial charge in [0.15, 0.2) is 0 Å². The van der Waals surface area contributed by atoms with E-state index >= 15 is 0 Å². The summed E-state index contributed by atoms with van der Waals surface area (Å²) in [6, 6.07) is 5.24. The Morgan fingerprint density at radius 2 is 2.37 bits per heavy atom. The summed E-state index contributed by atoms with van der Waals surface area (Å²) in [7, 11) is 0. The van der Waals surface area contributed by atoms with E-state index in [9.17, 15) is 9.90 Å². The van der Waals surface area contributed by atoms with Crippen LogP contribution in [-0.4, -0.2) is 52.3 Å². The van der Waals surface area contributed by atoms with Gasteiger partial charge in [-0.3, -0.25) is 4.79 Å². The van der Waals surface area contributed by atoms with Crippen LogP contribution in [0, 0.1) is 0 Å². The van der Waals surface area contributed by atoms with E-state index in [4.69, 9.17) is 4.74 Å². The average Bonchev–Trinajstić information content (AvgIpc) is 2.36. The van der Waals surface area contributed by atoms with Crippen molar-refractivity contribution in [3.63, 3.8) is 0 Å². The summed E-state index contributed by atoms with van der Waals surface area (Å²) >= 11 is 3.26. The lowest BCUT2D eigenvalue weighted by atomic mass is 10.0. The summed E-state index contributed by atoms with van der Waals surface area (Å²) in [5.74, 6) is -0.142. The maximum atomic E-state index is 12.4. The van der Waals surface area contributed by atoms with Gasteiger partial charge in [0, 0.05) is 13.1 Å². The average molecular weight is 329 g/mol. The minimum Gasteiger partial charge on any atom is -0.394 e. The molecule has 1 aromatic rings. The molecule has 19 heavy (non-hydrogen) atoms. The zero-order valence-corrected chi connectivity index (χ0v) is 12.6. The molecule has 1 aromatic heterocycles. The number of aromatic nitrogens is 1. The maximum Gasteiger partial charge on any atom is 0.272 e.